The maximum atomic E-state index is 12.4. The highest BCUT2D eigenvalue weighted by atomic mass is 32.1. The van der Waals surface area contributed by atoms with Crippen LogP contribution in [0.3, 0.4) is 0 Å². The number of benzene rings is 1. The van der Waals surface area contributed by atoms with Gasteiger partial charge in [-0.1, -0.05) is 6.92 Å². The SMILES string of the molecule is CCc1sc(C(=O)O[C@@H](C)C(=O)Nc2ccc(N3CCOCC3)cc2)cc1C. The van der Waals surface area contributed by atoms with Crippen molar-refractivity contribution in [1.82, 2.24) is 0 Å². The van der Waals surface area contributed by atoms with Gasteiger partial charge in [-0.2, -0.15) is 0 Å². The molecule has 28 heavy (non-hydrogen) atoms. The van der Waals surface area contributed by atoms with Gasteiger partial charge in [0.2, 0.25) is 0 Å². The van der Waals surface area contributed by atoms with Gasteiger partial charge in [0.25, 0.3) is 5.91 Å². The third-order valence-corrected chi connectivity index (χ3v) is 6.07. The van der Waals surface area contributed by atoms with Gasteiger partial charge in [-0.05, 0) is 56.2 Å². The second-order valence-electron chi connectivity index (χ2n) is 6.75. The summed E-state index contributed by atoms with van der Waals surface area (Å²) in [5.74, 6) is -0.811. The maximum absolute atomic E-state index is 12.4. The van der Waals surface area contributed by atoms with Crippen molar-refractivity contribution in [3.05, 3.63) is 45.6 Å². The highest BCUT2D eigenvalue weighted by Gasteiger charge is 2.21. The molecule has 2 heterocycles. The molecule has 1 fully saturated rings. The Morgan fingerprint density at radius 2 is 1.93 bits per heavy atom. The summed E-state index contributed by atoms with van der Waals surface area (Å²) >= 11 is 1.42. The minimum atomic E-state index is -0.876. The van der Waals surface area contributed by atoms with Crippen LogP contribution in [0.1, 0.15) is 34.0 Å². The van der Waals surface area contributed by atoms with Crippen molar-refractivity contribution in [2.24, 2.45) is 0 Å². The van der Waals surface area contributed by atoms with Crippen molar-refractivity contribution in [2.75, 3.05) is 36.5 Å². The quantitative estimate of drug-likeness (QED) is 0.747. The van der Waals surface area contributed by atoms with Crippen LogP contribution >= 0.6 is 11.3 Å². The van der Waals surface area contributed by atoms with Gasteiger partial charge in [-0.15, -0.1) is 11.3 Å². The van der Waals surface area contributed by atoms with E-state index in [9.17, 15) is 9.59 Å². The first-order valence-corrected chi connectivity index (χ1v) is 10.3. The fourth-order valence-corrected chi connectivity index (χ4v) is 4.06. The molecule has 1 atom stereocenters. The summed E-state index contributed by atoms with van der Waals surface area (Å²) in [4.78, 5) is 28.6. The molecule has 0 aliphatic carbocycles. The second-order valence-corrected chi connectivity index (χ2v) is 7.89. The maximum Gasteiger partial charge on any atom is 0.349 e. The predicted octanol–water partition coefficient (Wildman–Crippen LogP) is 3.64. The standard InChI is InChI=1S/C21H26N2O4S/c1-4-18-14(2)13-19(28-18)21(25)27-15(3)20(24)22-16-5-7-17(8-6-16)23-9-11-26-12-10-23/h5-8,13,15H,4,9-12H2,1-3H3,(H,22,24)/t15-/m0/s1. The van der Waals surface area contributed by atoms with Crippen LogP contribution in [0.5, 0.6) is 0 Å². The summed E-state index contributed by atoms with van der Waals surface area (Å²) in [5.41, 5.74) is 2.85. The summed E-state index contributed by atoms with van der Waals surface area (Å²) in [7, 11) is 0. The number of thiophene rings is 1. The highest BCUT2D eigenvalue weighted by molar-refractivity contribution is 7.14. The van der Waals surface area contributed by atoms with Crippen molar-refractivity contribution >= 4 is 34.6 Å². The Labute approximate surface area is 169 Å². The number of nitrogens with one attached hydrogen (secondary N) is 1. The van der Waals surface area contributed by atoms with E-state index in [1.54, 1.807) is 6.92 Å². The molecular weight excluding hydrogens is 376 g/mol. The Morgan fingerprint density at radius 1 is 1.25 bits per heavy atom. The molecule has 1 N–H and O–H groups in total. The molecule has 2 aromatic rings. The van der Waals surface area contributed by atoms with Gasteiger partial charge in [0.05, 0.1) is 13.2 Å². The van der Waals surface area contributed by atoms with Crippen LogP contribution in [0.25, 0.3) is 0 Å². The normalized spacial score (nSPS) is 15.2. The largest absolute Gasteiger partial charge is 0.448 e. The Balaban J connectivity index is 1.55. The zero-order valence-corrected chi connectivity index (χ0v) is 17.3. The zero-order valence-electron chi connectivity index (χ0n) is 16.5. The van der Waals surface area contributed by atoms with Gasteiger partial charge in [0.15, 0.2) is 6.10 Å². The van der Waals surface area contributed by atoms with E-state index < -0.39 is 12.1 Å². The number of carbonyl (C=O) groups excluding carboxylic acids is 2. The first-order valence-electron chi connectivity index (χ1n) is 9.52. The lowest BCUT2D eigenvalue weighted by molar-refractivity contribution is -0.123. The van der Waals surface area contributed by atoms with Crippen LogP contribution in [0, 0.1) is 6.92 Å². The number of hydrogen-bond donors (Lipinski definition) is 1. The molecule has 1 amide bonds. The smallest absolute Gasteiger partial charge is 0.349 e. The molecule has 1 aromatic heterocycles. The van der Waals surface area contributed by atoms with Crippen LogP contribution in [-0.4, -0.2) is 44.3 Å². The number of esters is 1. The van der Waals surface area contributed by atoms with Gasteiger partial charge >= 0.3 is 5.97 Å². The zero-order chi connectivity index (χ0) is 20.1. The molecule has 0 saturated carbocycles. The van der Waals surface area contributed by atoms with E-state index in [1.807, 2.05) is 44.2 Å². The molecule has 1 aliphatic rings. The predicted molar refractivity (Wildman–Crippen MR) is 111 cm³/mol. The fraction of sp³-hybridized carbons (Fsp3) is 0.429. The monoisotopic (exact) mass is 402 g/mol. The van der Waals surface area contributed by atoms with Crippen molar-refractivity contribution in [1.29, 1.82) is 0 Å². The van der Waals surface area contributed by atoms with E-state index in [1.165, 1.54) is 11.3 Å². The summed E-state index contributed by atoms with van der Waals surface area (Å²) in [6.45, 7) is 8.78. The number of amides is 1. The lowest BCUT2D eigenvalue weighted by Gasteiger charge is -2.28. The molecule has 7 heteroatoms. The number of ether oxygens (including phenoxy) is 2. The molecule has 0 spiro atoms. The first kappa shape index (κ1) is 20.4. The Bertz CT molecular complexity index is 825. The van der Waals surface area contributed by atoms with Crippen LogP contribution in [0.4, 0.5) is 11.4 Å². The molecule has 0 bridgehead atoms. The van der Waals surface area contributed by atoms with E-state index in [-0.39, 0.29) is 5.91 Å². The van der Waals surface area contributed by atoms with E-state index in [0.717, 1.165) is 48.9 Å². The van der Waals surface area contributed by atoms with Crippen LogP contribution in [0.2, 0.25) is 0 Å². The van der Waals surface area contributed by atoms with Crippen LogP contribution < -0.4 is 10.2 Å². The molecule has 1 saturated heterocycles. The van der Waals surface area contributed by atoms with E-state index in [2.05, 4.69) is 10.2 Å². The first-order chi connectivity index (χ1) is 13.5. The minimum absolute atomic E-state index is 0.350. The van der Waals surface area contributed by atoms with Gasteiger partial charge in [0.1, 0.15) is 4.88 Å². The molecule has 1 aromatic carbocycles. The number of rotatable bonds is 6. The molecule has 0 unspecified atom stereocenters. The van der Waals surface area contributed by atoms with Crippen LogP contribution in [0.15, 0.2) is 30.3 Å². The summed E-state index contributed by atoms with van der Waals surface area (Å²) < 4.78 is 10.7. The number of hydrogen-bond acceptors (Lipinski definition) is 6. The molecule has 3 rings (SSSR count). The fourth-order valence-electron chi connectivity index (χ4n) is 3.06. The van der Waals surface area contributed by atoms with Crippen molar-refractivity contribution in [2.45, 2.75) is 33.3 Å². The number of carbonyl (C=O) groups is 2. The van der Waals surface area contributed by atoms with Gasteiger partial charge < -0.3 is 19.7 Å². The summed E-state index contributed by atoms with van der Waals surface area (Å²) in [6.07, 6.45) is -0.000751. The minimum Gasteiger partial charge on any atom is -0.448 e. The van der Waals surface area contributed by atoms with Gasteiger partial charge in [0, 0.05) is 29.3 Å². The van der Waals surface area contributed by atoms with Crippen molar-refractivity contribution < 1.29 is 19.1 Å². The number of nitrogens with zero attached hydrogens (tertiary/aromatic N) is 1. The molecular formula is C21H26N2O4S. The third kappa shape index (κ3) is 4.91. The van der Waals surface area contributed by atoms with E-state index >= 15 is 0 Å². The van der Waals surface area contributed by atoms with Crippen LogP contribution in [-0.2, 0) is 20.7 Å². The summed E-state index contributed by atoms with van der Waals surface area (Å²) in [6, 6.07) is 9.47. The van der Waals surface area contributed by atoms with E-state index in [0.29, 0.717) is 10.6 Å². The van der Waals surface area contributed by atoms with Crippen molar-refractivity contribution in [3.8, 4) is 0 Å². The summed E-state index contributed by atoms with van der Waals surface area (Å²) in [5, 5.41) is 2.80. The molecule has 1 aliphatic heterocycles. The van der Waals surface area contributed by atoms with E-state index in [4.69, 9.17) is 9.47 Å². The Kier molecular flexibility index (Phi) is 6.70. The van der Waals surface area contributed by atoms with Crippen molar-refractivity contribution in [3.63, 3.8) is 0 Å². The molecule has 6 nitrogen and oxygen atoms in total. The number of morpholine rings is 1. The highest BCUT2D eigenvalue weighted by Crippen LogP contribution is 2.24. The van der Waals surface area contributed by atoms with Gasteiger partial charge in [-0.3, -0.25) is 4.79 Å². The lowest BCUT2D eigenvalue weighted by atomic mass is 10.2. The Morgan fingerprint density at radius 3 is 2.54 bits per heavy atom. The lowest BCUT2D eigenvalue weighted by Crippen LogP contribution is -2.36. The Hall–Kier alpha value is -2.38. The average Bonchev–Trinajstić information content (AvgIpc) is 3.10. The number of aryl methyl sites for hydroxylation is 2. The molecule has 0 radical (unpaired) electrons. The topological polar surface area (TPSA) is 67.9 Å². The average molecular weight is 403 g/mol. The number of anilines is 2. The third-order valence-electron chi connectivity index (χ3n) is 4.71. The second kappa shape index (κ2) is 9.21. The van der Waals surface area contributed by atoms with Gasteiger partial charge in [-0.25, -0.2) is 4.79 Å². The molecule has 150 valence electrons.